The Morgan fingerprint density at radius 3 is 2.58 bits per heavy atom. The minimum atomic E-state index is -0.460. The molecular formula is C7H9ClN2O2. The highest BCUT2D eigenvalue weighted by Crippen LogP contribution is 2.02. The summed E-state index contributed by atoms with van der Waals surface area (Å²) in [6.07, 6.45) is 0. The van der Waals surface area contributed by atoms with Crippen LogP contribution in [0.5, 0.6) is 0 Å². The molecular weight excluding hydrogens is 180 g/mol. The van der Waals surface area contributed by atoms with Crippen LogP contribution in [0.4, 0.5) is 0 Å². The van der Waals surface area contributed by atoms with E-state index in [2.05, 4.69) is 4.98 Å². The maximum Gasteiger partial charge on any atom is 0.329 e. The van der Waals surface area contributed by atoms with E-state index >= 15 is 0 Å². The lowest BCUT2D eigenvalue weighted by molar-refractivity contribution is 0.666. The Balaban J connectivity index is 3.64. The van der Waals surface area contributed by atoms with Gasteiger partial charge < -0.3 is 0 Å². The van der Waals surface area contributed by atoms with Crippen LogP contribution in [-0.2, 0) is 6.54 Å². The van der Waals surface area contributed by atoms with Crippen LogP contribution in [0, 0.1) is 6.92 Å². The molecule has 0 unspecified atom stereocenters. The van der Waals surface area contributed by atoms with Gasteiger partial charge in [0, 0.05) is 12.1 Å². The molecule has 1 heterocycles. The van der Waals surface area contributed by atoms with Gasteiger partial charge in [0.1, 0.15) is 5.15 Å². The van der Waals surface area contributed by atoms with Gasteiger partial charge >= 0.3 is 5.69 Å². The molecule has 66 valence electrons. The number of nitrogens with zero attached hydrogens (tertiary/aromatic N) is 1. The van der Waals surface area contributed by atoms with Crippen molar-refractivity contribution < 1.29 is 0 Å². The number of hydrogen-bond donors (Lipinski definition) is 1. The first-order valence-electron chi connectivity index (χ1n) is 3.57. The van der Waals surface area contributed by atoms with Crippen molar-refractivity contribution in [2.75, 3.05) is 0 Å². The normalized spacial score (nSPS) is 10.2. The van der Waals surface area contributed by atoms with Gasteiger partial charge in [0.25, 0.3) is 5.56 Å². The topological polar surface area (TPSA) is 54.9 Å². The van der Waals surface area contributed by atoms with E-state index in [0.717, 1.165) is 4.57 Å². The molecule has 5 heteroatoms. The monoisotopic (exact) mass is 188 g/mol. The Morgan fingerprint density at radius 2 is 2.08 bits per heavy atom. The van der Waals surface area contributed by atoms with Crippen LogP contribution < -0.4 is 11.2 Å². The van der Waals surface area contributed by atoms with Crippen LogP contribution in [0.2, 0.25) is 5.15 Å². The summed E-state index contributed by atoms with van der Waals surface area (Å²) in [6, 6.07) is 0. The van der Waals surface area contributed by atoms with Gasteiger partial charge in [0.05, 0.1) is 0 Å². The number of rotatable bonds is 1. The highest BCUT2D eigenvalue weighted by atomic mass is 35.5. The van der Waals surface area contributed by atoms with Crippen molar-refractivity contribution in [3.63, 3.8) is 0 Å². The fourth-order valence-corrected chi connectivity index (χ4v) is 1.09. The maximum atomic E-state index is 11.3. The van der Waals surface area contributed by atoms with Gasteiger partial charge in [-0.2, -0.15) is 0 Å². The molecule has 0 aliphatic heterocycles. The summed E-state index contributed by atoms with van der Waals surface area (Å²) in [4.78, 5) is 24.7. The van der Waals surface area contributed by atoms with Crippen molar-refractivity contribution in [1.29, 1.82) is 0 Å². The van der Waals surface area contributed by atoms with E-state index in [9.17, 15) is 9.59 Å². The SMILES string of the molecule is CCn1c(=O)[nH]c(Cl)c(C)c1=O. The lowest BCUT2D eigenvalue weighted by atomic mass is 10.4. The summed E-state index contributed by atoms with van der Waals surface area (Å²) in [5.74, 6) is 0. The van der Waals surface area contributed by atoms with Crippen LogP contribution in [0.3, 0.4) is 0 Å². The number of halogens is 1. The van der Waals surface area contributed by atoms with Crippen molar-refractivity contribution in [3.8, 4) is 0 Å². The highest BCUT2D eigenvalue weighted by molar-refractivity contribution is 6.30. The second kappa shape index (κ2) is 3.15. The lowest BCUT2D eigenvalue weighted by Gasteiger charge is -2.02. The molecule has 0 amide bonds. The third-order valence-electron chi connectivity index (χ3n) is 1.67. The van der Waals surface area contributed by atoms with Crippen LogP contribution in [0.15, 0.2) is 9.59 Å². The van der Waals surface area contributed by atoms with Crippen molar-refractivity contribution in [2.45, 2.75) is 20.4 Å². The van der Waals surface area contributed by atoms with E-state index in [-0.39, 0.29) is 10.7 Å². The fraction of sp³-hybridized carbons (Fsp3) is 0.429. The summed E-state index contributed by atoms with van der Waals surface area (Å²) in [5.41, 5.74) is -0.414. The Bertz CT molecular complexity index is 405. The van der Waals surface area contributed by atoms with Gasteiger partial charge in [0.2, 0.25) is 0 Å². The molecule has 0 aromatic carbocycles. The predicted octanol–water partition coefficient (Wildman–Crippen LogP) is 0.518. The number of hydrogen-bond acceptors (Lipinski definition) is 2. The molecule has 0 aliphatic rings. The highest BCUT2D eigenvalue weighted by Gasteiger charge is 2.05. The van der Waals surface area contributed by atoms with E-state index in [1.807, 2.05) is 0 Å². The second-order valence-electron chi connectivity index (χ2n) is 2.42. The fourth-order valence-electron chi connectivity index (χ4n) is 0.931. The van der Waals surface area contributed by atoms with Gasteiger partial charge in [0.15, 0.2) is 0 Å². The molecule has 0 saturated carbocycles. The molecule has 0 saturated heterocycles. The summed E-state index contributed by atoms with van der Waals surface area (Å²) in [6.45, 7) is 3.66. The summed E-state index contributed by atoms with van der Waals surface area (Å²) >= 11 is 5.58. The van der Waals surface area contributed by atoms with E-state index in [0.29, 0.717) is 12.1 Å². The third kappa shape index (κ3) is 1.30. The van der Waals surface area contributed by atoms with Gasteiger partial charge in [-0.3, -0.25) is 14.3 Å². The van der Waals surface area contributed by atoms with Crippen LogP contribution in [0.1, 0.15) is 12.5 Å². The molecule has 0 spiro atoms. The molecule has 1 rings (SSSR count). The number of H-pyrrole nitrogens is 1. The van der Waals surface area contributed by atoms with Crippen LogP contribution in [0.25, 0.3) is 0 Å². The van der Waals surface area contributed by atoms with Crippen molar-refractivity contribution in [3.05, 3.63) is 31.6 Å². The van der Waals surface area contributed by atoms with Crippen molar-refractivity contribution in [2.24, 2.45) is 0 Å². The minimum absolute atomic E-state index is 0.120. The summed E-state index contributed by atoms with van der Waals surface area (Å²) < 4.78 is 1.10. The predicted molar refractivity (Wildman–Crippen MR) is 46.7 cm³/mol. The molecule has 1 aromatic heterocycles. The van der Waals surface area contributed by atoms with Crippen molar-refractivity contribution in [1.82, 2.24) is 9.55 Å². The zero-order valence-electron chi connectivity index (χ0n) is 6.85. The molecule has 0 atom stereocenters. The largest absolute Gasteiger partial charge is 0.329 e. The molecule has 12 heavy (non-hydrogen) atoms. The summed E-state index contributed by atoms with van der Waals surface area (Å²) in [5, 5.41) is 0.120. The summed E-state index contributed by atoms with van der Waals surface area (Å²) in [7, 11) is 0. The van der Waals surface area contributed by atoms with Crippen LogP contribution >= 0.6 is 11.6 Å². The quantitative estimate of drug-likeness (QED) is 0.654. The molecule has 0 fully saturated rings. The van der Waals surface area contributed by atoms with E-state index in [1.165, 1.54) is 0 Å². The molecule has 0 radical (unpaired) electrons. The Kier molecular flexibility index (Phi) is 2.38. The first kappa shape index (κ1) is 9.06. The first-order valence-corrected chi connectivity index (χ1v) is 3.95. The Hall–Kier alpha value is -1.03. The molecule has 4 nitrogen and oxygen atoms in total. The zero-order valence-corrected chi connectivity index (χ0v) is 7.60. The number of aromatic nitrogens is 2. The van der Waals surface area contributed by atoms with E-state index in [4.69, 9.17) is 11.6 Å². The third-order valence-corrected chi connectivity index (χ3v) is 2.05. The molecule has 0 bridgehead atoms. The standard InChI is InChI=1S/C7H9ClN2O2/c1-3-10-6(11)4(2)5(8)9-7(10)12/h3H2,1-2H3,(H,9,12). The van der Waals surface area contributed by atoms with Gasteiger partial charge in [-0.25, -0.2) is 4.79 Å². The maximum absolute atomic E-state index is 11.3. The van der Waals surface area contributed by atoms with Crippen LogP contribution in [-0.4, -0.2) is 9.55 Å². The molecule has 0 aliphatic carbocycles. The zero-order chi connectivity index (χ0) is 9.30. The van der Waals surface area contributed by atoms with E-state index < -0.39 is 5.69 Å². The average molecular weight is 189 g/mol. The van der Waals surface area contributed by atoms with Gasteiger partial charge in [-0.05, 0) is 13.8 Å². The first-order chi connectivity index (χ1) is 5.57. The molecule has 1 aromatic rings. The number of aromatic amines is 1. The van der Waals surface area contributed by atoms with Crippen molar-refractivity contribution >= 4 is 11.6 Å². The smallest absolute Gasteiger partial charge is 0.297 e. The average Bonchev–Trinajstić information content (AvgIpc) is 2.01. The molecule has 1 N–H and O–H groups in total. The number of nitrogens with one attached hydrogen (secondary N) is 1. The lowest BCUT2D eigenvalue weighted by Crippen LogP contribution is -2.35. The van der Waals surface area contributed by atoms with Gasteiger partial charge in [-0.1, -0.05) is 11.6 Å². The Morgan fingerprint density at radius 1 is 1.50 bits per heavy atom. The van der Waals surface area contributed by atoms with E-state index in [1.54, 1.807) is 13.8 Å². The Labute approximate surface area is 73.8 Å². The second-order valence-corrected chi connectivity index (χ2v) is 2.80. The minimum Gasteiger partial charge on any atom is -0.297 e. The van der Waals surface area contributed by atoms with Gasteiger partial charge in [-0.15, -0.1) is 0 Å².